The van der Waals surface area contributed by atoms with E-state index in [4.69, 9.17) is 18.9 Å². The molecule has 1 heterocycles. The lowest BCUT2D eigenvalue weighted by molar-refractivity contribution is -0.305. The van der Waals surface area contributed by atoms with Crippen molar-refractivity contribution in [2.24, 2.45) is 0 Å². The fraction of sp³-hybridized carbons (Fsp3) is 0.867. The first-order valence-corrected chi connectivity index (χ1v) is 22.4. The first kappa shape index (κ1) is 51.2. The minimum Gasteiger partial charge on any atom is -0.462 e. The zero-order valence-corrected chi connectivity index (χ0v) is 34.9. The second-order valence-corrected chi connectivity index (χ2v) is 15.5. The van der Waals surface area contributed by atoms with Gasteiger partial charge in [-0.05, 0) is 64.2 Å². The maximum absolute atomic E-state index is 12.7. The first-order valence-electron chi connectivity index (χ1n) is 22.4. The highest BCUT2D eigenvalue weighted by atomic mass is 16.7. The molecule has 1 rings (SSSR count). The summed E-state index contributed by atoms with van der Waals surface area (Å²) in [4.78, 5) is 25.3. The van der Waals surface area contributed by atoms with E-state index in [9.17, 15) is 30.0 Å². The second-order valence-electron chi connectivity index (χ2n) is 15.5. The van der Waals surface area contributed by atoms with Crippen LogP contribution < -0.4 is 0 Å². The predicted octanol–water partition coefficient (Wildman–Crippen LogP) is 9.33. The van der Waals surface area contributed by atoms with Crippen LogP contribution >= 0.6 is 0 Å². The third kappa shape index (κ3) is 28.3. The van der Waals surface area contributed by atoms with Crippen LogP contribution in [0.1, 0.15) is 194 Å². The van der Waals surface area contributed by atoms with Gasteiger partial charge in [-0.2, -0.15) is 0 Å². The molecule has 1 aliphatic heterocycles. The molecule has 0 aromatic carbocycles. The number of hydrogen-bond donors (Lipinski definition) is 4. The van der Waals surface area contributed by atoms with Crippen molar-refractivity contribution >= 4 is 11.9 Å². The van der Waals surface area contributed by atoms with Gasteiger partial charge in [0, 0.05) is 12.8 Å². The lowest BCUT2D eigenvalue weighted by Crippen LogP contribution is -2.59. The van der Waals surface area contributed by atoms with E-state index in [1.807, 2.05) is 0 Å². The van der Waals surface area contributed by atoms with Gasteiger partial charge in [0.1, 0.15) is 31.0 Å². The molecule has 0 aromatic rings. The van der Waals surface area contributed by atoms with Crippen molar-refractivity contribution in [1.82, 2.24) is 0 Å². The molecule has 322 valence electrons. The molecule has 0 spiro atoms. The molecule has 0 radical (unpaired) electrons. The van der Waals surface area contributed by atoms with Crippen LogP contribution in [0.3, 0.4) is 0 Å². The number of carbonyl (C=O) groups is 2. The van der Waals surface area contributed by atoms with Crippen LogP contribution in [0.25, 0.3) is 0 Å². The van der Waals surface area contributed by atoms with Gasteiger partial charge in [-0.15, -0.1) is 0 Å². The van der Waals surface area contributed by atoms with Crippen molar-refractivity contribution in [3.63, 3.8) is 0 Å². The molecule has 55 heavy (non-hydrogen) atoms. The Labute approximate surface area is 334 Å². The Morgan fingerprint density at radius 2 is 0.964 bits per heavy atom. The number of unbranched alkanes of at least 4 members (excludes halogenated alkanes) is 22. The lowest BCUT2D eigenvalue weighted by Gasteiger charge is -2.39. The molecule has 0 bridgehead atoms. The number of ether oxygens (including phenoxy) is 4. The van der Waals surface area contributed by atoms with Crippen LogP contribution in [0.4, 0.5) is 0 Å². The molecular weight excluding hydrogens is 700 g/mol. The third-order valence-electron chi connectivity index (χ3n) is 10.3. The molecular formula is C45H82O10. The molecule has 6 atom stereocenters. The Bertz CT molecular complexity index is 954. The molecule has 1 saturated heterocycles. The minimum atomic E-state index is -1.60. The summed E-state index contributed by atoms with van der Waals surface area (Å²) >= 11 is 0. The van der Waals surface area contributed by atoms with Crippen LogP contribution in [0.2, 0.25) is 0 Å². The summed E-state index contributed by atoms with van der Waals surface area (Å²) in [6.45, 7) is 3.39. The highest BCUT2D eigenvalue weighted by molar-refractivity contribution is 5.70. The van der Waals surface area contributed by atoms with Crippen molar-refractivity contribution < 1.29 is 49.0 Å². The number of hydrogen-bond acceptors (Lipinski definition) is 10. The lowest BCUT2D eigenvalue weighted by atomic mass is 9.99. The third-order valence-corrected chi connectivity index (χ3v) is 10.3. The molecule has 10 nitrogen and oxygen atoms in total. The molecule has 1 aliphatic rings. The summed E-state index contributed by atoms with van der Waals surface area (Å²) < 4.78 is 22.1. The molecule has 0 aliphatic carbocycles. The minimum absolute atomic E-state index is 0.201. The molecule has 0 aromatic heterocycles. The summed E-state index contributed by atoms with van der Waals surface area (Å²) in [6, 6.07) is 0. The predicted molar refractivity (Wildman–Crippen MR) is 219 cm³/mol. The number of allylic oxidation sites excluding steroid dienone is 4. The van der Waals surface area contributed by atoms with E-state index in [0.717, 1.165) is 51.4 Å². The average molecular weight is 783 g/mol. The van der Waals surface area contributed by atoms with E-state index in [-0.39, 0.29) is 32.0 Å². The number of aliphatic hydroxyl groups is 4. The first-order chi connectivity index (χ1) is 26.8. The van der Waals surface area contributed by atoms with Gasteiger partial charge in [-0.1, -0.05) is 141 Å². The zero-order chi connectivity index (χ0) is 40.2. The average Bonchev–Trinajstić information content (AvgIpc) is 3.18. The van der Waals surface area contributed by atoms with Gasteiger partial charge in [-0.3, -0.25) is 9.59 Å². The number of rotatable bonds is 37. The van der Waals surface area contributed by atoms with Crippen molar-refractivity contribution in [3.8, 4) is 0 Å². The summed E-state index contributed by atoms with van der Waals surface area (Å²) in [5, 5.41) is 40.0. The maximum Gasteiger partial charge on any atom is 0.306 e. The summed E-state index contributed by atoms with van der Waals surface area (Å²) in [5.41, 5.74) is 0. The number of carbonyl (C=O) groups excluding carboxylic acids is 2. The standard InChI is InChI=1S/C45H82O10/c1-3-5-7-9-11-13-15-17-19-21-23-25-27-29-31-33-40(47)52-36-38(37-53-45-44(51)43(50)42(49)39(35-46)55-45)54-41(48)34-32-30-28-26-24-22-20-18-16-14-12-10-8-6-4-2/h13,15,24,26,38-39,42-46,49-51H,3-12,14,16-23,25,27-37H2,1-2H3/b15-13+,26-24+/t38-,39-,42+,43?,44?,45-/m0/s1. The van der Waals surface area contributed by atoms with E-state index in [2.05, 4.69) is 38.2 Å². The molecule has 10 heteroatoms. The summed E-state index contributed by atoms with van der Waals surface area (Å²) in [7, 11) is 0. The Morgan fingerprint density at radius 1 is 0.545 bits per heavy atom. The van der Waals surface area contributed by atoms with Crippen molar-refractivity contribution in [1.29, 1.82) is 0 Å². The van der Waals surface area contributed by atoms with Gasteiger partial charge in [0.15, 0.2) is 12.4 Å². The van der Waals surface area contributed by atoms with Crippen LogP contribution in [0, 0.1) is 0 Å². The van der Waals surface area contributed by atoms with Crippen LogP contribution in [0.5, 0.6) is 0 Å². The quantitative estimate of drug-likeness (QED) is 0.0273. The maximum atomic E-state index is 12.7. The smallest absolute Gasteiger partial charge is 0.306 e. The van der Waals surface area contributed by atoms with Crippen molar-refractivity contribution in [2.45, 2.75) is 230 Å². The Balaban J connectivity index is 2.35. The Hall–Kier alpha value is -1.82. The second kappa shape index (κ2) is 36.5. The van der Waals surface area contributed by atoms with Crippen molar-refractivity contribution in [3.05, 3.63) is 24.3 Å². The van der Waals surface area contributed by atoms with Gasteiger partial charge in [-0.25, -0.2) is 0 Å². The molecule has 0 amide bonds. The molecule has 1 fully saturated rings. The molecule has 2 unspecified atom stereocenters. The van der Waals surface area contributed by atoms with Gasteiger partial charge in [0.25, 0.3) is 0 Å². The fourth-order valence-electron chi connectivity index (χ4n) is 6.71. The summed E-state index contributed by atoms with van der Waals surface area (Å²) in [6.07, 6.45) is 31.8. The molecule has 4 N–H and O–H groups in total. The van der Waals surface area contributed by atoms with Gasteiger partial charge in [0.05, 0.1) is 13.2 Å². The van der Waals surface area contributed by atoms with E-state index < -0.39 is 49.4 Å². The van der Waals surface area contributed by atoms with E-state index >= 15 is 0 Å². The largest absolute Gasteiger partial charge is 0.462 e. The van der Waals surface area contributed by atoms with Crippen LogP contribution in [-0.2, 0) is 28.5 Å². The highest BCUT2D eigenvalue weighted by Gasteiger charge is 2.44. The molecule has 0 saturated carbocycles. The SMILES string of the molecule is CCCCCC/C=C/CCCCCCCCCC(=O)OC[C@@H](CO[C@H]1O[C@@H](CO)[C@@H](O)C(O)C1O)OC(=O)CCCC/C=C/CCCCCCCCCCC. The zero-order valence-electron chi connectivity index (χ0n) is 34.9. The monoisotopic (exact) mass is 783 g/mol. The van der Waals surface area contributed by atoms with Crippen LogP contribution in [0.15, 0.2) is 24.3 Å². The topological polar surface area (TPSA) is 152 Å². The van der Waals surface area contributed by atoms with E-state index in [0.29, 0.717) is 6.42 Å². The Kier molecular flexibility index (Phi) is 34.0. The van der Waals surface area contributed by atoms with Crippen LogP contribution in [-0.4, -0.2) is 89.0 Å². The number of esters is 2. The fourth-order valence-corrected chi connectivity index (χ4v) is 6.71. The number of aliphatic hydroxyl groups excluding tert-OH is 4. The normalized spacial score (nSPS) is 20.7. The van der Waals surface area contributed by atoms with Gasteiger partial charge in [0.2, 0.25) is 0 Å². The summed E-state index contributed by atoms with van der Waals surface area (Å²) in [5.74, 6) is -0.833. The van der Waals surface area contributed by atoms with E-state index in [1.165, 1.54) is 109 Å². The van der Waals surface area contributed by atoms with Gasteiger partial charge >= 0.3 is 11.9 Å². The van der Waals surface area contributed by atoms with Crippen molar-refractivity contribution in [2.75, 3.05) is 19.8 Å². The van der Waals surface area contributed by atoms with Gasteiger partial charge < -0.3 is 39.4 Å². The van der Waals surface area contributed by atoms with E-state index in [1.54, 1.807) is 0 Å². The highest BCUT2D eigenvalue weighted by Crippen LogP contribution is 2.22. The Morgan fingerprint density at radius 3 is 1.47 bits per heavy atom.